The Kier molecular flexibility index (Phi) is 3.24. The third-order valence-electron chi connectivity index (χ3n) is 2.14. The van der Waals surface area contributed by atoms with Gasteiger partial charge in [-0.1, -0.05) is 17.0 Å². The molecule has 18 heavy (non-hydrogen) atoms. The molecule has 0 atom stereocenters. The zero-order chi connectivity index (χ0) is 13.0. The molecule has 7 nitrogen and oxygen atoms in total. The van der Waals surface area contributed by atoms with Gasteiger partial charge in [-0.25, -0.2) is 0 Å². The maximum atomic E-state index is 10.3. The van der Waals surface area contributed by atoms with Crippen LogP contribution < -0.4 is 4.73 Å². The van der Waals surface area contributed by atoms with Gasteiger partial charge >= 0.3 is 5.88 Å². The van der Waals surface area contributed by atoms with Crippen molar-refractivity contribution in [3.05, 3.63) is 53.9 Å². The molecule has 2 aromatic heterocycles. The molecule has 92 valence electrons. The lowest BCUT2D eigenvalue weighted by molar-refractivity contribution is -0.613. The second kappa shape index (κ2) is 5.00. The topological polar surface area (TPSA) is 98.1 Å². The molecule has 2 N–H and O–H groups in total. The summed E-state index contributed by atoms with van der Waals surface area (Å²) in [5, 5.41) is 34.9. The van der Waals surface area contributed by atoms with Crippen LogP contribution in [0.3, 0.4) is 0 Å². The minimum atomic E-state index is -0.271. The first-order valence-electron chi connectivity index (χ1n) is 5.05. The SMILES string of the molecule is On1nnc2ccccc21.[O-][n+]1ccccc1O. The molecule has 0 unspecified atom stereocenters. The van der Waals surface area contributed by atoms with Gasteiger partial charge in [-0.15, -0.1) is 9.83 Å². The summed E-state index contributed by atoms with van der Waals surface area (Å²) >= 11 is 0. The van der Waals surface area contributed by atoms with Crippen LogP contribution in [0.5, 0.6) is 5.88 Å². The molecule has 0 amide bonds. The average Bonchev–Trinajstić information content (AvgIpc) is 2.77. The predicted octanol–water partition coefficient (Wildman–Crippen LogP) is 0.694. The molecule has 0 saturated heterocycles. The van der Waals surface area contributed by atoms with Gasteiger partial charge in [0.25, 0.3) is 0 Å². The van der Waals surface area contributed by atoms with E-state index < -0.39 is 0 Å². The highest BCUT2D eigenvalue weighted by Gasteiger charge is 1.98. The van der Waals surface area contributed by atoms with Crippen LogP contribution in [0.15, 0.2) is 48.7 Å². The predicted molar refractivity (Wildman–Crippen MR) is 61.8 cm³/mol. The molecule has 0 aliphatic carbocycles. The minimum absolute atomic E-state index is 0.271. The monoisotopic (exact) mass is 246 g/mol. The summed E-state index contributed by atoms with van der Waals surface area (Å²) in [6.07, 6.45) is 1.23. The number of fused-ring (bicyclic) bond motifs is 1. The number of aromatic nitrogens is 4. The number of pyridine rings is 1. The van der Waals surface area contributed by atoms with E-state index in [1.54, 1.807) is 24.3 Å². The fourth-order valence-corrected chi connectivity index (χ4v) is 1.28. The fraction of sp³-hybridized carbons (Fsp3) is 0. The van der Waals surface area contributed by atoms with Crippen LogP contribution in [0.1, 0.15) is 0 Å². The smallest absolute Gasteiger partial charge is 0.376 e. The largest absolute Gasteiger partial charge is 0.616 e. The van der Waals surface area contributed by atoms with Crippen LogP contribution in [-0.2, 0) is 0 Å². The molecule has 0 fully saturated rings. The summed E-state index contributed by atoms with van der Waals surface area (Å²) in [6.45, 7) is 0. The molecule has 3 rings (SSSR count). The van der Waals surface area contributed by atoms with Crippen LogP contribution in [0.2, 0.25) is 0 Å². The van der Waals surface area contributed by atoms with E-state index in [0.717, 1.165) is 4.85 Å². The van der Waals surface area contributed by atoms with Gasteiger partial charge in [0.1, 0.15) is 11.0 Å². The number of hydrogen-bond acceptors (Lipinski definition) is 5. The van der Waals surface area contributed by atoms with E-state index in [9.17, 15) is 5.21 Å². The second-order valence-electron chi connectivity index (χ2n) is 3.35. The standard InChI is InChI=1S/C6H5N3O.C5H5NO2/c10-9-6-4-2-1-3-5(6)7-8-9;7-5-3-1-2-4-6(5)8/h1-4,10H;1-4,7H. The van der Waals surface area contributed by atoms with Gasteiger partial charge < -0.3 is 15.5 Å². The molecular formula is C11H10N4O3. The van der Waals surface area contributed by atoms with Crippen molar-refractivity contribution in [2.24, 2.45) is 0 Å². The van der Waals surface area contributed by atoms with Crippen molar-refractivity contribution in [3.63, 3.8) is 0 Å². The Hall–Kier alpha value is -2.83. The van der Waals surface area contributed by atoms with Crippen molar-refractivity contribution < 1.29 is 15.0 Å². The van der Waals surface area contributed by atoms with Gasteiger partial charge in [-0.2, -0.15) is 0 Å². The Labute approximate surface area is 102 Å². The molecule has 2 heterocycles. The highest BCUT2D eigenvalue weighted by atomic mass is 16.5. The molecule has 0 radical (unpaired) electrons. The van der Waals surface area contributed by atoms with Gasteiger partial charge in [-0.05, 0) is 23.4 Å². The van der Waals surface area contributed by atoms with Gasteiger partial charge in [0, 0.05) is 6.07 Å². The molecule has 7 heteroatoms. The fourth-order valence-electron chi connectivity index (χ4n) is 1.28. The Balaban J connectivity index is 0.000000138. The van der Waals surface area contributed by atoms with Crippen molar-refractivity contribution in [3.8, 4) is 5.88 Å². The zero-order valence-electron chi connectivity index (χ0n) is 9.21. The molecule has 0 saturated carbocycles. The Morgan fingerprint density at radius 2 is 1.83 bits per heavy atom. The van der Waals surface area contributed by atoms with Crippen molar-refractivity contribution >= 4 is 11.0 Å². The highest BCUT2D eigenvalue weighted by molar-refractivity contribution is 5.73. The first-order valence-corrected chi connectivity index (χ1v) is 5.05. The molecule has 0 aliphatic rings. The summed E-state index contributed by atoms with van der Waals surface area (Å²) in [7, 11) is 0. The van der Waals surface area contributed by atoms with E-state index in [-0.39, 0.29) is 5.88 Å². The van der Waals surface area contributed by atoms with Gasteiger partial charge in [-0.3, -0.25) is 0 Å². The average molecular weight is 246 g/mol. The lowest BCUT2D eigenvalue weighted by Crippen LogP contribution is -2.24. The lowest BCUT2D eigenvalue weighted by Gasteiger charge is -1.93. The van der Waals surface area contributed by atoms with E-state index in [0.29, 0.717) is 15.8 Å². The maximum absolute atomic E-state index is 10.3. The summed E-state index contributed by atoms with van der Waals surface area (Å²) in [6, 6.07) is 11.7. The molecule has 0 aliphatic heterocycles. The Bertz CT molecular complexity index is 632. The molecule has 1 aromatic carbocycles. The van der Waals surface area contributed by atoms with Crippen LogP contribution in [0.4, 0.5) is 0 Å². The molecule has 3 aromatic rings. The van der Waals surface area contributed by atoms with E-state index in [1.165, 1.54) is 12.3 Å². The quantitative estimate of drug-likeness (QED) is 0.345. The van der Waals surface area contributed by atoms with E-state index in [2.05, 4.69) is 10.3 Å². The Morgan fingerprint density at radius 1 is 1.11 bits per heavy atom. The second-order valence-corrected chi connectivity index (χ2v) is 3.35. The third-order valence-corrected chi connectivity index (χ3v) is 2.14. The molecule has 0 spiro atoms. The minimum Gasteiger partial charge on any atom is -0.616 e. The van der Waals surface area contributed by atoms with Crippen molar-refractivity contribution in [2.75, 3.05) is 0 Å². The van der Waals surface area contributed by atoms with E-state index in [1.807, 2.05) is 12.1 Å². The number of rotatable bonds is 0. The van der Waals surface area contributed by atoms with Crippen LogP contribution in [-0.4, -0.2) is 25.5 Å². The first-order chi connectivity index (χ1) is 8.68. The lowest BCUT2D eigenvalue weighted by atomic mass is 10.3. The number of benzene rings is 1. The molecule has 0 bridgehead atoms. The highest BCUT2D eigenvalue weighted by Crippen LogP contribution is 2.06. The summed E-state index contributed by atoms with van der Waals surface area (Å²) in [5.74, 6) is -0.271. The van der Waals surface area contributed by atoms with E-state index in [4.69, 9.17) is 10.3 Å². The van der Waals surface area contributed by atoms with E-state index >= 15 is 0 Å². The number of nitrogens with zero attached hydrogens (tertiary/aromatic N) is 4. The van der Waals surface area contributed by atoms with Gasteiger partial charge in [0.15, 0.2) is 6.20 Å². The zero-order valence-corrected chi connectivity index (χ0v) is 9.21. The first kappa shape index (κ1) is 11.6. The number of hydrogen-bond donors (Lipinski definition) is 2. The summed E-state index contributed by atoms with van der Waals surface area (Å²) in [5.41, 5.74) is 1.33. The number of para-hydroxylation sites is 1. The van der Waals surface area contributed by atoms with Crippen molar-refractivity contribution in [2.45, 2.75) is 0 Å². The van der Waals surface area contributed by atoms with Crippen LogP contribution in [0, 0.1) is 5.21 Å². The number of aromatic hydroxyl groups is 1. The van der Waals surface area contributed by atoms with Crippen molar-refractivity contribution in [1.29, 1.82) is 0 Å². The third kappa shape index (κ3) is 2.46. The van der Waals surface area contributed by atoms with Crippen LogP contribution in [0.25, 0.3) is 11.0 Å². The Morgan fingerprint density at radius 3 is 2.44 bits per heavy atom. The maximum Gasteiger partial charge on any atom is 0.376 e. The van der Waals surface area contributed by atoms with Crippen molar-refractivity contribution in [1.82, 2.24) is 15.2 Å². The van der Waals surface area contributed by atoms with Gasteiger partial charge in [0.05, 0.1) is 6.07 Å². The van der Waals surface area contributed by atoms with Gasteiger partial charge in [0.2, 0.25) is 0 Å². The summed E-state index contributed by atoms with van der Waals surface area (Å²) in [4.78, 5) is 0.759. The van der Waals surface area contributed by atoms with Crippen LogP contribution >= 0.6 is 0 Å². The summed E-state index contributed by atoms with van der Waals surface area (Å²) < 4.78 is 0.389. The normalized spacial score (nSPS) is 9.78. The molecular weight excluding hydrogens is 236 g/mol.